The molecule has 1 unspecified atom stereocenters. The summed E-state index contributed by atoms with van der Waals surface area (Å²) < 4.78 is 0. The van der Waals surface area contributed by atoms with Gasteiger partial charge in [-0.25, -0.2) is 0 Å². The zero-order chi connectivity index (χ0) is 12.8. The second kappa shape index (κ2) is 6.75. The molecule has 1 aliphatic rings. The van der Waals surface area contributed by atoms with Gasteiger partial charge in [0, 0.05) is 19.1 Å². The first-order valence-corrected chi connectivity index (χ1v) is 7.20. The minimum atomic E-state index is 0.612. The van der Waals surface area contributed by atoms with E-state index in [-0.39, 0.29) is 0 Å². The number of hydrogen-bond donors (Lipinski definition) is 0. The van der Waals surface area contributed by atoms with Gasteiger partial charge in [-0.2, -0.15) is 0 Å². The van der Waals surface area contributed by atoms with E-state index in [2.05, 4.69) is 61.2 Å². The summed E-state index contributed by atoms with van der Waals surface area (Å²) in [5.74, 6) is 0.755. The van der Waals surface area contributed by atoms with Gasteiger partial charge in [-0.3, -0.25) is 4.90 Å². The normalized spacial score (nSPS) is 19.7. The van der Waals surface area contributed by atoms with Crippen LogP contribution in [0.5, 0.6) is 0 Å². The summed E-state index contributed by atoms with van der Waals surface area (Å²) in [6, 6.07) is 11.4. The van der Waals surface area contributed by atoms with Crippen LogP contribution in [0.15, 0.2) is 42.5 Å². The second-order valence-electron chi connectivity index (χ2n) is 5.63. The van der Waals surface area contributed by atoms with Gasteiger partial charge in [0.1, 0.15) is 0 Å². The van der Waals surface area contributed by atoms with Gasteiger partial charge in [0.15, 0.2) is 0 Å². The fraction of sp³-hybridized carbons (Fsp3) is 0.529. The van der Waals surface area contributed by atoms with Gasteiger partial charge in [0.25, 0.3) is 0 Å². The van der Waals surface area contributed by atoms with Gasteiger partial charge in [-0.05, 0) is 44.6 Å². The first kappa shape index (κ1) is 13.4. The molecule has 0 fully saturated rings. The maximum absolute atomic E-state index is 2.59. The third-order valence-corrected chi connectivity index (χ3v) is 3.78. The van der Waals surface area contributed by atoms with Crippen molar-refractivity contribution in [3.05, 3.63) is 48.0 Å². The standard InChI is InChI=1S/C17H25N/c1-15(2)18(13-16-9-5-3-6-10-16)14-17-11-7-4-8-12-17/h3,5-7,9-11,15,17H,4,8,12-14H2,1-2H3. The molecule has 18 heavy (non-hydrogen) atoms. The third-order valence-electron chi connectivity index (χ3n) is 3.78. The van der Waals surface area contributed by atoms with E-state index in [0.717, 1.165) is 12.5 Å². The maximum Gasteiger partial charge on any atom is 0.0236 e. The summed E-state index contributed by atoms with van der Waals surface area (Å²) >= 11 is 0. The van der Waals surface area contributed by atoms with Crippen LogP contribution in [-0.2, 0) is 6.54 Å². The summed E-state index contributed by atoms with van der Waals surface area (Å²) in [5.41, 5.74) is 1.42. The van der Waals surface area contributed by atoms with Gasteiger partial charge in [0.05, 0.1) is 0 Å². The van der Waals surface area contributed by atoms with Crippen molar-refractivity contribution in [3.63, 3.8) is 0 Å². The average molecular weight is 243 g/mol. The smallest absolute Gasteiger partial charge is 0.0236 e. The Bertz CT molecular complexity index is 366. The fourth-order valence-electron chi connectivity index (χ4n) is 2.61. The molecule has 0 radical (unpaired) electrons. The van der Waals surface area contributed by atoms with E-state index in [9.17, 15) is 0 Å². The van der Waals surface area contributed by atoms with Crippen molar-refractivity contribution in [2.75, 3.05) is 6.54 Å². The Labute approximate surface area is 112 Å². The third kappa shape index (κ3) is 3.99. The molecule has 0 amide bonds. The van der Waals surface area contributed by atoms with E-state index in [1.54, 1.807) is 0 Å². The average Bonchev–Trinajstić information content (AvgIpc) is 2.40. The van der Waals surface area contributed by atoms with Crippen LogP contribution in [0.1, 0.15) is 38.7 Å². The topological polar surface area (TPSA) is 3.24 Å². The molecule has 0 N–H and O–H groups in total. The molecule has 0 spiro atoms. The molecule has 2 rings (SSSR count). The Morgan fingerprint density at radius 3 is 2.61 bits per heavy atom. The molecule has 1 aliphatic carbocycles. The van der Waals surface area contributed by atoms with Crippen molar-refractivity contribution in [1.82, 2.24) is 4.90 Å². The van der Waals surface area contributed by atoms with E-state index in [0.29, 0.717) is 6.04 Å². The van der Waals surface area contributed by atoms with Crippen molar-refractivity contribution in [3.8, 4) is 0 Å². The summed E-state index contributed by atoms with van der Waals surface area (Å²) in [7, 11) is 0. The highest BCUT2D eigenvalue weighted by molar-refractivity contribution is 5.14. The van der Waals surface area contributed by atoms with Gasteiger partial charge in [0.2, 0.25) is 0 Å². The van der Waals surface area contributed by atoms with Gasteiger partial charge < -0.3 is 0 Å². The highest BCUT2D eigenvalue weighted by Gasteiger charge is 2.16. The van der Waals surface area contributed by atoms with Crippen LogP contribution in [0.4, 0.5) is 0 Å². The maximum atomic E-state index is 2.59. The van der Waals surface area contributed by atoms with E-state index in [1.807, 2.05) is 0 Å². The molecule has 1 aromatic carbocycles. The van der Waals surface area contributed by atoms with Crippen LogP contribution in [0.3, 0.4) is 0 Å². The zero-order valence-corrected chi connectivity index (χ0v) is 11.7. The lowest BCUT2D eigenvalue weighted by atomic mass is 9.95. The number of nitrogens with zero attached hydrogens (tertiary/aromatic N) is 1. The van der Waals surface area contributed by atoms with Gasteiger partial charge >= 0.3 is 0 Å². The fourth-order valence-corrected chi connectivity index (χ4v) is 2.61. The lowest BCUT2D eigenvalue weighted by molar-refractivity contribution is 0.186. The summed E-state index contributed by atoms with van der Waals surface area (Å²) in [6.45, 7) is 6.87. The number of allylic oxidation sites excluding steroid dienone is 1. The monoisotopic (exact) mass is 243 g/mol. The molecule has 0 heterocycles. The number of hydrogen-bond acceptors (Lipinski definition) is 1. The van der Waals surface area contributed by atoms with Crippen molar-refractivity contribution < 1.29 is 0 Å². The molecule has 0 aromatic heterocycles. The van der Waals surface area contributed by atoms with Gasteiger partial charge in [-0.1, -0.05) is 42.5 Å². The van der Waals surface area contributed by atoms with E-state index < -0.39 is 0 Å². The van der Waals surface area contributed by atoms with Crippen LogP contribution >= 0.6 is 0 Å². The molecule has 0 aliphatic heterocycles. The first-order chi connectivity index (χ1) is 8.75. The minimum absolute atomic E-state index is 0.612. The molecule has 0 bridgehead atoms. The Hall–Kier alpha value is -1.08. The lowest BCUT2D eigenvalue weighted by Gasteiger charge is -2.30. The zero-order valence-electron chi connectivity index (χ0n) is 11.7. The molecule has 0 saturated heterocycles. The van der Waals surface area contributed by atoms with Crippen molar-refractivity contribution in [1.29, 1.82) is 0 Å². The predicted octanol–water partition coefficient (Wildman–Crippen LogP) is 4.25. The lowest BCUT2D eigenvalue weighted by Crippen LogP contribution is -2.34. The van der Waals surface area contributed by atoms with Gasteiger partial charge in [-0.15, -0.1) is 0 Å². The molecular weight excluding hydrogens is 218 g/mol. The van der Waals surface area contributed by atoms with Crippen molar-refractivity contribution in [2.45, 2.75) is 45.7 Å². The summed E-state index contributed by atoms with van der Waals surface area (Å²) in [5, 5.41) is 0. The Morgan fingerprint density at radius 1 is 1.22 bits per heavy atom. The van der Waals surface area contributed by atoms with Crippen molar-refractivity contribution >= 4 is 0 Å². The van der Waals surface area contributed by atoms with E-state index in [4.69, 9.17) is 0 Å². The second-order valence-corrected chi connectivity index (χ2v) is 5.63. The van der Waals surface area contributed by atoms with Crippen LogP contribution in [0.25, 0.3) is 0 Å². The highest BCUT2D eigenvalue weighted by Crippen LogP contribution is 2.20. The summed E-state index contributed by atoms with van der Waals surface area (Å²) in [4.78, 5) is 2.59. The molecule has 1 atom stereocenters. The molecule has 1 heteroatoms. The van der Waals surface area contributed by atoms with Crippen LogP contribution in [0.2, 0.25) is 0 Å². The molecule has 0 saturated carbocycles. The number of benzene rings is 1. The molecular formula is C17H25N. The molecule has 98 valence electrons. The van der Waals surface area contributed by atoms with Crippen LogP contribution in [-0.4, -0.2) is 17.5 Å². The van der Waals surface area contributed by atoms with E-state index in [1.165, 1.54) is 31.4 Å². The predicted molar refractivity (Wildman–Crippen MR) is 78.5 cm³/mol. The number of rotatable bonds is 5. The molecule has 1 nitrogen and oxygen atoms in total. The largest absolute Gasteiger partial charge is 0.296 e. The SMILES string of the molecule is CC(C)N(Cc1ccccc1)CC1C=CCCC1. The van der Waals surface area contributed by atoms with Crippen LogP contribution < -0.4 is 0 Å². The molecule has 1 aromatic rings. The summed E-state index contributed by atoms with van der Waals surface area (Å²) in [6.07, 6.45) is 8.77. The minimum Gasteiger partial charge on any atom is -0.296 e. The first-order valence-electron chi connectivity index (χ1n) is 7.20. The Balaban J connectivity index is 1.95. The Kier molecular flexibility index (Phi) is 5.00. The Morgan fingerprint density at radius 2 is 2.00 bits per heavy atom. The highest BCUT2D eigenvalue weighted by atomic mass is 15.1. The van der Waals surface area contributed by atoms with Crippen LogP contribution in [0, 0.1) is 5.92 Å². The quantitative estimate of drug-likeness (QED) is 0.699. The van der Waals surface area contributed by atoms with E-state index >= 15 is 0 Å². The van der Waals surface area contributed by atoms with Crippen molar-refractivity contribution in [2.24, 2.45) is 5.92 Å².